The number of carbonyl (C=O) groups excluding carboxylic acids is 1. The number of amides is 1. The summed E-state index contributed by atoms with van der Waals surface area (Å²) >= 11 is 0. The van der Waals surface area contributed by atoms with E-state index in [-0.39, 0.29) is 29.0 Å². The molecular formula is C19H24N2O3. The highest BCUT2D eigenvalue weighted by molar-refractivity contribution is 5.97. The van der Waals surface area contributed by atoms with E-state index in [9.17, 15) is 14.7 Å². The molecule has 1 amide bonds. The van der Waals surface area contributed by atoms with Gasteiger partial charge in [0.05, 0.1) is 11.6 Å². The van der Waals surface area contributed by atoms with Crippen molar-refractivity contribution in [3.63, 3.8) is 0 Å². The van der Waals surface area contributed by atoms with Gasteiger partial charge in [0.2, 0.25) is 5.43 Å². The normalized spacial score (nSPS) is 21.3. The van der Waals surface area contributed by atoms with Crippen LogP contribution in [0.3, 0.4) is 0 Å². The van der Waals surface area contributed by atoms with Crippen LogP contribution >= 0.6 is 0 Å². The van der Waals surface area contributed by atoms with Gasteiger partial charge in [-0.1, -0.05) is 18.6 Å². The number of aryl methyl sites for hydroxylation is 2. The lowest BCUT2D eigenvalue weighted by molar-refractivity contribution is 0.0232. The molecule has 1 fully saturated rings. The Morgan fingerprint density at radius 2 is 2.12 bits per heavy atom. The van der Waals surface area contributed by atoms with Crippen molar-refractivity contribution in [2.45, 2.75) is 45.3 Å². The largest absolute Gasteiger partial charge is 0.393 e. The molecule has 0 saturated heterocycles. The Morgan fingerprint density at radius 1 is 1.42 bits per heavy atom. The number of aliphatic hydroxyl groups is 1. The molecule has 5 nitrogen and oxygen atoms in total. The van der Waals surface area contributed by atoms with E-state index < -0.39 is 0 Å². The number of aliphatic hydroxyl groups excluding tert-OH is 1. The summed E-state index contributed by atoms with van der Waals surface area (Å²) in [6, 6.07) is 5.68. The van der Waals surface area contributed by atoms with Crippen LogP contribution in [0.2, 0.25) is 0 Å². The van der Waals surface area contributed by atoms with Crippen LogP contribution in [0.25, 0.3) is 10.9 Å². The summed E-state index contributed by atoms with van der Waals surface area (Å²) in [7, 11) is 1.84. The number of rotatable bonds is 4. The van der Waals surface area contributed by atoms with Crippen molar-refractivity contribution in [3.8, 4) is 0 Å². The topological polar surface area (TPSA) is 71.3 Å². The van der Waals surface area contributed by atoms with Crippen LogP contribution in [0, 0.1) is 12.8 Å². The minimum absolute atomic E-state index is 0.00110. The maximum atomic E-state index is 12.7. The smallest absolute Gasteiger partial charge is 0.256 e. The minimum atomic E-state index is -0.327. The van der Waals surface area contributed by atoms with E-state index in [0.717, 1.165) is 17.5 Å². The van der Waals surface area contributed by atoms with Gasteiger partial charge in [-0.3, -0.25) is 9.59 Å². The molecule has 5 heteroatoms. The summed E-state index contributed by atoms with van der Waals surface area (Å²) in [4.78, 5) is 25.4. The van der Waals surface area contributed by atoms with Gasteiger partial charge in [-0.25, -0.2) is 0 Å². The van der Waals surface area contributed by atoms with Gasteiger partial charge < -0.3 is 15.0 Å². The van der Waals surface area contributed by atoms with Crippen molar-refractivity contribution in [3.05, 3.63) is 45.7 Å². The number of fused-ring (bicyclic) bond motifs is 1. The minimum Gasteiger partial charge on any atom is -0.393 e. The van der Waals surface area contributed by atoms with Crippen molar-refractivity contribution in [2.75, 3.05) is 0 Å². The Labute approximate surface area is 141 Å². The predicted octanol–water partition coefficient (Wildman–Crippen LogP) is 2.13. The lowest BCUT2D eigenvalue weighted by Gasteiger charge is -2.37. The van der Waals surface area contributed by atoms with Gasteiger partial charge in [-0.2, -0.15) is 0 Å². The molecule has 0 spiro atoms. The maximum Gasteiger partial charge on any atom is 0.256 e. The first-order valence-corrected chi connectivity index (χ1v) is 8.49. The lowest BCUT2D eigenvalue weighted by Crippen LogP contribution is -2.47. The van der Waals surface area contributed by atoms with Gasteiger partial charge in [-0.05, 0) is 44.2 Å². The molecule has 1 aromatic heterocycles. The van der Waals surface area contributed by atoms with E-state index in [1.54, 1.807) is 6.20 Å². The molecule has 1 aliphatic rings. The molecule has 2 aromatic rings. The van der Waals surface area contributed by atoms with Crippen LogP contribution < -0.4 is 10.7 Å². The number of nitrogens with zero attached hydrogens (tertiary/aromatic N) is 1. The monoisotopic (exact) mass is 328 g/mol. The number of hydrogen-bond donors (Lipinski definition) is 2. The molecule has 0 radical (unpaired) electrons. The van der Waals surface area contributed by atoms with Crippen molar-refractivity contribution in [2.24, 2.45) is 13.0 Å². The van der Waals surface area contributed by atoms with Gasteiger partial charge in [-0.15, -0.1) is 0 Å². The SMILES string of the molecule is CC[C@H](NC(=O)c1cn(C)c2ccc(C)cc2c1=O)C1CC(O)C1. The van der Waals surface area contributed by atoms with Crippen molar-refractivity contribution >= 4 is 16.8 Å². The van der Waals surface area contributed by atoms with E-state index in [4.69, 9.17) is 0 Å². The molecule has 0 unspecified atom stereocenters. The third-order valence-corrected chi connectivity index (χ3v) is 5.06. The van der Waals surface area contributed by atoms with Gasteiger partial charge >= 0.3 is 0 Å². The average Bonchev–Trinajstić information content (AvgIpc) is 2.53. The Balaban J connectivity index is 1.92. The van der Waals surface area contributed by atoms with Gasteiger partial charge in [0.15, 0.2) is 0 Å². The fourth-order valence-electron chi connectivity index (χ4n) is 3.53. The number of aromatic nitrogens is 1. The summed E-state index contributed by atoms with van der Waals surface area (Å²) in [5.41, 5.74) is 1.75. The Morgan fingerprint density at radius 3 is 2.75 bits per heavy atom. The van der Waals surface area contributed by atoms with Crippen LogP contribution in [0.1, 0.15) is 42.1 Å². The second-order valence-corrected chi connectivity index (χ2v) is 6.88. The molecule has 1 atom stereocenters. The summed E-state index contributed by atoms with van der Waals surface area (Å²) in [6.45, 7) is 3.94. The average molecular weight is 328 g/mol. The zero-order valence-electron chi connectivity index (χ0n) is 14.4. The zero-order valence-corrected chi connectivity index (χ0v) is 14.4. The zero-order chi connectivity index (χ0) is 17.4. The van der Waals surface area contributed by atoms with E-state index in [1.165, 1.54) is 0 Å². The van der Waals surface area contributed by atoms with E-state index in [2.05, 4.69) is 5.32 Å². The molecule has 0 bridgehead atoms. The Hall–Kier alpha value is -2.14. The van der Waals surface area contributed by atoms with Crippen molar-refractivity contribution in [1.82, 2.24) is 9.88 Å². The van der Waals surface area contributed by atoms with Gasteiger partial charge in [0.25, 0.3) is 5.91 Å². The summed E-state index contributed by atoms with van der Waals surface area (Å²) in [5.74, 6) is -0.0345. The van der Waals surface area contributed by atoms with E-state index in [0.29, 0.717) is 24.1 Å². The third-order valence-electron chi connectivity index (χ3n) is 5.06. The number of carbonyl (C=O) groups is 1. The van der Waals surface area contributed by atoms with Crippen LogP contribution in [-0.4, -0.2) is 27.7 Å². The van der Waals surface area contributed by atoms with Crippen LogP contribution in [0.5, 0.6) is 0 Å². The second kappa shape index (κ2) is 6.40. The number of benzene rings is 1. The van der Waals surface area contributed by atoms with Crippen LogP contribution in [-0.2, 0) is 7.05 Å². The highest BCUT2D eigenvalue weighted by atomic mass is 16.3. The molecule has 24 heavy (non-hydrogen) atoms. The first kappa shape index (κ1) is 16.7. The molecule has 128 valence electrons. The highest BCUT2D eigenvalue weighted by Gasteiger charge is 2.34. The predicted molar refractivity (Wildman–Crippen MR) is 94.2 cm³/mol. The van der Waals surface area contributed by atoms with Crippen molar-refractivity contribution < 1.29 is 9.90 Å². The first-order valence-electron chi connectivity index (χ1n) is 8.49. The fourth-order valence-corrected chi connectivity index (χ4v) is 3.53. The summed E-state index contributed by atoms with van der Waals surface area (Å²) < 4.78 is 1.82. The maximum absolute atomic E-state index is 12.7. The van der Waals surface area contributed by atoms with Crippen LogP contribution in [0.15, 0.2) is 29.2 Å². The van der Waals surface area contributed by atoms with Gasteiger partial charge in [0, 0.05) is 24.7 Å². The third kappa shape index (κ3) is 2.96. The number of pyridine rings is 1. The molecular weight excluding hydrogens is 304 g/mol. The Kier molecular flexibility index (Phi) is 4.45. The molecule has 3 rings (SSSR count). The molecule has 2 N–H and O–H groups in total. The summed E-state index contributed by atoms with van der Waals surface area (Å²) in [5, 5.41) is 13.0. The Bertz CT molecular complexity index is 834. The first-order chi connectivity index (χ1) is 11.4. The molecule has 1 aliphatic carbocycles. The quantitative estimate of drug-likeness (QED) is 0.903. The lowest BCUT2D eigenvalue weighted by atomic mass is 9.76. The van der Waals surface area contributed by atoms with Crippen LogP contribution in [0.4, 0.5) is 0 Å². The molecule has 1 saturated carbocycles. The summed E-state index contributed by atoms with van der Waals surface area (Å²) in [6.07, 6.45) is 3.58. The molecule has 1 aromatic carbocycles. The standard InChI is InChI=1S/C19H24N2O3/c1-4-16(12-8-13(22)9-12)20-19(24)15-10-21(3)17-6-5-11(2)7-14(17)18(15)23/h5-7,10,12-13,16,22H,4,8-9H2,1-3H3,(H,20,24)/t12?,13?,16-/m0/s1. The number of nitrogens with one attached hydrogen (secondary N) is 1. The van der Waals surface area contributed by atoms with E-state index >= 15 is 0 Å². The van der Waals surface area contributed by atoms with Crippen molar-refractivity contribution in [1.29, 1.82) is 0 Å². The highest BCUT2D eigenvalue weighted by Crippen LogP contribution is 2.31. The van der Waals surface area contributed by atoms with E-state index in [1.807, 2.05) is 43.7 Å². The van der Waals surface area contributed by atoms with Gasteiger partial charge in [0.1, 0.15) is 5.56 Å². The second-order valence-electron chi connectivity index (χ2n) is 6.88. The molecule has 0 aliphatic heterocycles. The number of hydrogen-bond acceptors (Lipinski definition) is 3. The molecule has 1 heterocycles. The fraction of sp³-hybridized carbons (Fsp3) is 0.474.